The van der Waals surface area contributed by atoms with Crippen LogP contribution in [0.3, 0.4) is 0 Å². The lowest BCUT2D eigenvalue weighted by molar-refractivity contribution is -0.384. The van der Waals surface area contributed by atoms with E-state index >= 15 is 0 Å². The Kier molecular flexibility index (Phi) is 4.50. The summed E-state index contributed by atoms with van der Waals surface area (Å²) in [6.07, 6.45) is 0. The van der Waals surface area contributed by atoms with E-state index in [-0.39, 0.29) is 17.1 Å². The number of hydrogen-bond donors (Lipinski definition) is 3. The molecule has 0 fully saturated rings. The van der Waals surface area contributed by atoms with Crippen molar-refractivity contribution in [1.82, 2.24) is 0 Å². The van der Waals surface area contributed by atoms with Gasteiger partial charge in [-0.05, 0) is 24.3 Å². The number of carbonyl (C=O) groups excluding carboxylic acids is 1. The van der Waals surface area contributed by atoms with E-state index in [9.17, 15) is 24.1 Å². The summed E-state index contributed by atoms with van der Waals surface area (Å²) in [5.41, 5.74) is -0.590. The number of carboxylic acids is 1. The first-order valence-electron chi connectivity index (χ1n) is 6.22. The molecule has 0 aliphatic carbocycles. The van der Waals surface area contributed by atoms with Crippen molar-refractivity contribution in [2.75, 3.05) is 10.6 Å². The van der Waals surface area contributed by atoms with E-state index in [1.807, 2.05) is 0 Å². The molecule has 23 heavy (non-hydrogen) atoms. The minimum absolute atomic E-state index is 0.109. The van der Waals surface area contributed by atoms with Crippen LogP contribution in [0.5, 0.6) is 0 Å². The number of halogens is 1. The number of carbonyl (C=O) groups is 2. The van der Waals surface area contributed by atoms with Crippen LogP contribution in [0.1, 0.15) is 10.4 Å². The molecule has 0 aromatic heterocycles. The van der Waals surface area contributed by atoms with Crippen LogP contribution in [0.25, 0.3) is 0 Å². The summed E-state index contributed by atoms with van der Waals surface area (Å²) in [4.78, 5) is 32.9. The van der Waals surface area contributed by atoms with Crippen molar-refractivity contribution in [3.63, 3.8) is 0 Å². The van der Waals surface area contributed by atoms with Gasteiger partial charge in [0.15, 0.2) is 0 Å². The highest BCUT2D eigenvalue weighted by atomic mass is 19.1. The summed E-state index contributed by atoms with van der Waals surface area (Å²) in [5, 5.41) is 24.2. The molecule has 0 radical (unpaired) electrons. The van der Waals surface area contributed by atoms with Gasteiger partial charge in [-0.3, -0.25) is 10.1 Å². The summed E-state index contributed by atoms with van der Waals surface area (Å²) in [6.45, 7) is 0. The number of benzene rings is 2. The van der Waals surface area contributed by atoms with Crippen LogP contribution in [-0.2, 0) is 0 Å². The molecule has 2 rings (SSSR count). The molecule has 0 atom stereocenters. The predicted molar refractivity (Wildman–Crippen MR) is 79.1 cm³/mol. The predicted octanol–water partition coefficient (Wildman–Crippen LogP) is 3.08. The highest BCUT2D eigenvalue weighted by Gasteiger charge is 2.14. The average Bonchev–Trinajstić information content (AvgIpc) is 2.49. The second kappa shape index (κ2) is 6.52. The topological polar surface area (TPSA) is 122 Å². The first-order chi connectivity index (χ1) is 10.9. The Bertz CT molecular complexity index is 794. The Hall–Kier alpha value is -3.49. The number of nitro benzene ring substituents is 1. The van der Waals surface area contributed by atoms with Crippen LogP contribution in [0, 0.1) is 15.9 Å². The van der Waals surface area contributed by atoms with E-state index in [4.69, 9.17) is 5.11 Å². The molecule has 3 N–H and O–H groups in total. The zero-order valence-electron chi connectivity index (χ0n) is 11.4. The van der Waals surface area contributed by atoms with E-state index in [0.29, 0.717) is 0 Å². The lowest BCUT2D eigenvalue weighted by Crippen LogP contribution is -2.21. The number of aromatic carboxylic acids is 1. The molecule has 0 bridgehead atoms. The van der Waals surface area contributed by atoms with Gasteiger partial charge in [0, 0.05) is 17.8 Å². The number of nitro groups is 1. The third-order valence-corrected chi connectivity index (χ3v) is 2.78. The Morgan fingerprint density at radius 2 is 1.87 bits per heavy atom. The van der Waals surface area contributed by atoms with Crippen molar-refractivity contribution in [2.24, 2.45) is 0 Å². The first-order valence-corrected chi connectivity index (χ1v) is 6.22. The monoisotopic (exact) mass is 319 g/mol. The summed E-state index contributed by atoms with van der Waals surface area (Å²) in [6, 6.07) is 7.25. The molecule has 0 unspecified atom stereocenters. The van der Waals surface area contributed by atoms with Crippen molar-refractivity contribution >= 4 is 29.1 Å². The van der Waals surface area contributed by atoms with Gasteiger partial charge in [0.1, 0.15) is 5.82 Å². The van der Waals surface area contributed by atoms with Crippen LogP contribution in [0.15, 0.2) is 42.5 Å². The van der Waals surface area contributed by atoms with E-state index in [0.717, 1.165) is 24.3 Å². The van der Waals surface area contributed by atoms with Gasteiger partial charge in [-0.15, -0.1) is 0 Å². The van der Waals surface area contributed by atoms with Crippen molar-refractivity contribution in [3.8, 4) is 0 Å². The fraction of sp³-hybridized carbons (Fsp3) is 0. The maximum Gasteiger partial charge on any atom is 0.337 e. The Morgan fingerprint density at radius 3 is 2.52 bits per heavy atom. The smallest absolute Gasteiger partial charge is 0.337 e. The van der Waals surface area contributed by atoms with E-state index < -0.39 is 28.3 Å². The van der Waals surface area contributed by atoms with Crippen molar-refractivity contribution in [1.29, 1.82) is 0 Å². The number of rotatable bonds is 4. The maximum atomic E-state index is 13.1. The van der Waals surface area contributed by atoms with Gasteiger partial charge in [-0.1, -0.05) is 6.07 Å². The van der Waals surface area contributed by atoms with Gasteiger partial charge >= 0.3 is 12.0 Å². The molecular formula is C14H10FN3O5. The highest BCUT2D eigenvalue weighted by molar-refractivity contribution is 6.04. The summed E-state index contributed by atoms with van der Waals surface area (Å²) < 4.78 is 13.1. The number of non-ortho nitro benzene ring substituents is 1. The molecule has 8 nitrogen and oxygen atoms in total. The average molecular weight is 319 g/mol. The molecule has 2 aromatic rings. The first kappa shape index (κ1) is 15.9. The highest BCUT2D eigenvalue weighted by Crippen LogP contribution is 2.19. The molecule has 0 saturated carbocycles. The minimum Gasteiger partial charge on any atom is -0.478 e. The lowest BCUT2D eigenvalue weighted by Gasteiger charge is -2.10. The van der Waals surface area contributed by atoms with E-state index in [1.54, 1.807) is 0 Å². The number of nitrogens with zero attached hydrogens (tertiary/aromatic N) is 1. The fourth-order valence-electron chi connectivity index (χ4n) is 1.78. The molecule has 2 aromatic carbocycles. The minimum atomic E-state index is -1.41. The fourth-order valence-corrected chi connectivity index (χ4v) is 1.78. The zero-order chi connectivity index (χ0) is 17.0. The van der Waals surface area contributed by atoms with Crippen LogP contribution in [0.2, 0.25) is 0 Å². The van der Waals surface area contributed by atoms with Crippen LogP contribution >= 0.6 is 0 Å². The van der Waals surface area contributed by atoms with Crippen LogP contribution < -0.4 is 10.6 Å². The van der Waals surface area contributed by atoms with Gasteiger partial charge < -0.3 is 15.7 Å². The number of anilines is 2. The molecule has 118 valence electrons. The van der Waals surface area contributed by atoms with E-state index in [1.165, 1.54) is 18.2 Å². The summed E-state index contributed by atoms with van der Waals surface area (Å²) in [7, 11) is 0. The quantitative estimate of drug-likeness (QED) is 0.590. The van der Waals surface area contributed by atoms with Gasteiger partial charge in [-0.25, -0.2) is 14.0 Å². The van der Waals surface area contributed by atoms with Crippen molar-refractivity contribution < 1.29 is 24.0 Å². The number of hydrogen-bond acceptors (Lipinski definition) is 4. The normalized spacial score (nSPS) is 9.96. The molecule has 0 heterocycles. The number of nitrogens with one attached hydrogen (secondary N) is 2. The van der Waals surface area contributed by atoms with Gasteiger partial charge in [0.25, 0.3) is 5.69 Å². The maximum absolute atomic E-state index is 13.1. The second-order valence-corrected chi connectivity index (χ2v) is 4.38. The standard InChI is InChI=1S/C14H10FN3O5/c15-8-4-5-12(11(6-8)13(19)20)17-14(21)16-9-2-1-3-10(7-9)18(22)23/h1-7H,(H,19,20)(H2,16,17,21). The Labute approximate surface area is 128 Å². The molecular weight excluding hydrogens is 309 g/mol. The third-order valence-electron chi connectivity index (χ3n) is 2.78. The third kappa shape index (κ3) is 4.00. The lowest BCUT2D eigenvalue weighted by atomic mass is 10.1. The van der Waals surface area contributed by atoms with Gasteiger partial charge in [-0.2, -0.15) is 0 Å². The van der Waals surface area contributed by atoms with Gasteiger partial charge in [0.05, 0.1) is 16.2 Å². The van der Waals surface area contributed by atoms with Crippen LogP contribution in [-0.4, -0.2) is 22.0 Å². The van der Waals surface area contributed by atoms with E-state index in [2.05, 4.69) is 10.6 Å². The Morgan fingerprint density at radius 1 is 1.13 bits per heavy atom. The van der Waals surface area contributed by atoms with Crippen molar-refractivity contribution in [2.45, 2.75) is 0 Å². The van der Waals surface area contributed by atoms with Gasteiger partial charge in [0.2, 0.25) is 0 Å². The summed E-state index contributed by atoms with van der Waals surface area (Å²) >= 11 is 0. The van der Waals surface area contributed by atoms with Crippen LogP contribution in [0.4, 0.5) is 26.2 Å². The number of amides is 2. The Balaban J connectivity index is 2.16. The zero-order valence-corrected chi connectivity index (χ0v) is 11.4. The SMILES string of the molecule is O=C(Nc1cccc([N+](=O)[O-])c1)Nc1ccc(F)cc1C(=O)O. The molecule has 2 amide bonds. The number of urea groups is 1. The molecule has 0 saturated heterocycles. The second-order valence-electron chi connectivity index (χ2n) is 4.38. The molecule has 0 spiro atoms. The molecule has 9 heteroatoms. The largest absolute Gasteiger partial charge is 0.478 e. The van der Waals surface area contributed by atoms with Crippen molar-refractivity contribution in [3.05, 3.63) is 64.0 Å². The summed E-state index contributed by atoms with van der Waals surface area (Å²) in [5.74, 6) is -2.16. The number of carboxylic acid groups (broad SMARTS) is 1. The molecule has 0 aliphatic heterocycles. The molecule has 0 aliphatic rings.